The smallest absolute Gasteiger partial charge is 0.274 e. The second-order valence-corrected chi connectivity index (χ2v) is 18.3. The van der Waals surface area contributed by atoms with E-state index in [0.29, 0.717) is 22.6 Å². The van der Waals surface area contributed by atoms with Gasteiger partial charge in [0.2, 0.25) is 11.7 Å². The number of nitrogens with one attached hydrogen (secondary N) is 1. The zero-order chi connectivity index (χ0) is 37.3. The number of amides is 1. The van der Waals surface area contributed by atoms with Crippen molar-refractivity contribution in [2.24, 2.45) is 7.05 Å². The number of hydrogen-bond donors (Lipinski definition) is 1. The Kier molecular flexibility index (Phi) is 9.62. The fraction of sp³-hybridized carbons (Fsp3) is 0.225. The minimum atomic E-state index is -3.30. The number of aryl methyl sites for hydroxylation is 2. The summed E-state index contributed by atoms with van der Waals surface area (Å²) in [6.45, 7) is 7.98. The number of benzene rings is 3. The predicted molar refractivity (Wildman–Crippen MR) is 202 cm³/mol. The van der Waals surface area contributed by atoms with E-state index in [-0.39, 0.29) is 24.0 Å². The molecule has 0 bridgehead atoms. The lowest BCUT2D eigenvalue weighted by Gasteiger charge is -2.44. The van der Waals surface area contributed by atoms with Gasteiger partial charge in [-0.25, -0.2) is 13.8 Å². The molecule has 0 radical (unpaired) electrons. The molecule has 0 aliphatic carbocycles. The Hall–Kier alpha value is -5.79. The second kappa shape index (κ2) is 14.3. The zero-order valence-electron chi connectivity index (χ0n) is 30.0. The molecule has 0 fully saturated rings. The molecule has 0 spiro atoms. The van der Waals surface area contributed by atoms with Crippen LogP contribution in [0.25, 0.3) is 28.3 Å². The number of imidazole rings is 1. The first-order valence-corrected chi connectivity index (χ1v) is 19.1. The number of halogens is 2. The zero-order valence-corrected chi connectivity index (χ0v) is 31.0. The van der Waals surface area contributed by atoms with Crippen LogP contribution in [0.2, 0.25) is 5.04 Å². The van der Waals surface area contributed by atoms with Crippen LogP contribution in [0.5, 0.6) is 0 Å². The Balaban J connectivity index is 1.14. The molecule has 7 rings (SSSR count). The second-order valence-electron chi connectivity index (χ2n) is 14.0. The van der Waals surface area contributed by atoms with Gasteiger partial charge in [-0.1, -0.05) is 98.7 Å². The third-order valence-electron chi connectivity index (χ3n) is 9.36. The number of rotatable bonds is 11. The molecule has 0 aliphatic rings. The molecule has 4 heterocycles. The monoisotopic (exact) mass is 731 g/mol. The largest absolute Gasteiger partial charge is 0.398 e. The van der Waals surface area contributed by atoms with Crippen molar-refractivity contribution >= 4 is 35.9 Å². The molecule has 0 saturated carbocycles. The Morgan fingerprint density at radius 1 is 0.943 bits per heavy atom. The normalized spacial score (nSPS) is 12.8. The van der Waals surface area contributed by atoms with Gasteiger partial charge in [-0.3, -0.25) is 13.9 Å². The van der Waals surface area contributed by atoms with Crippen molar-refractivity contribution in [1.82, 2.24) is 29.3 Å². The Morgan fingerprint density at radius 3 is 2.25 bits per heavy atom. The molecule has 53 heavy (non-hydrogen) atoms. The molecular weight excluding hydrogens is 693 g/mol. The summed E-state index contributed by atoms with van der Waals surface area (Å²) in [6.07, 6.45) is 0.559. The van der Waals surface area contributed by atoms with Crippen molar-refractivity contribution in [2.45, 2.75) is 51.7 Å². The first-order chi connectivity index (χ1) is 25.4. The van der Waals surface area contributed by atoms with E-state index in [1.165, 1.54) is 6.20 Å². The van der Waals surface area contributed by atoms with Crippen LogP contribution in [0.15, 0.2) is 120 Å². The van der Waals surface area contributed by atoms with E-state index in [0.717, 1.165) is 27.2 Å². The maximum atomic E-state index is 15.0. The van der Waals surface area contributed by atoms with E-state index in [2.05, 4.69) is 25.5 Å². The first-order valence-electron chi connectivity index (χ1n) is 17.2. The highest BCUT2D eigenvalue weighted by molar-refractivity contribution is 6.99. The standard InChI is InChI=1S/C40H39F2N7O3Si/c1-26-16-17-27(22-32(26)44-39(50)33-24-43-35-19-18-28(25-49(33)35)31-20-21-48(5)46-31)38-45-36(51-47-38)23-34(37(41)42)52-53(40(2,3)4,29-12-8-6-9-13-29)30-14-10-7-11-15-30/h6-22,24-25,34,37H,23H2,1-5H3,(H,44,50)/t34-/m0/s1. The Labute approximate surface area is 306 Å². The lowest BCUT2D eigenvalue weighted by atomic mass is 10.1. The number of aromatic nitrogens is 6. The lowest BCUT2D eigenvalue weighted by Crippen LogP contribution is -2.68. The number of hydrogen-bond acceptors (Lipinski definition) is 7. The van der Waals surface area contributed by atoms with Gasteiger partial charge in [0.1, 0.15) is 17.4 Å². The fourth-order valence-electron chi connectivity index (χ4n) is 6.68. The molecule has 7 aromatic rings. The van der Waals surface area contributed by atoms with Crippen molar-refractivity contribution in [3.8, 4) is 22.6 Å². The van der Waals surface area contributed by atoms with Gasteiger partial charge in [0.05, 0.1) is 18.3 Å². The molecule has 13 heteroatoms. The van der Waals surface area contributed by atoms with Crippen molar-refractivity contribution in [2.75, 3.05) is 5.32 Å². The third-order valence-corrected chi connectivity index (χ3v) is 14.4. The Bertz CT molecular complexity index is 2330. The van der Waals surface area contributed by atoms with Gasteiger partial charge < -0.3 is 14.3 Å². The summed E-state index contributed by atoms with van der Waals surface area (Å²) < 4.78 is 45.7. The summed E-state index contributed by atoms with van der Waals surface area (Å²) in [7, 11) is -1.45. The van der Waals surface area contributed by atoms with E-state index in [4.69, 9.17) is 8.95 Å². The molecule has 1 amide bonds. The van der Waals surface area contributed by atoms with Crippen molar-refractivity contribution in [3.05, 3.63) is 133 Å². The van der Waals surface area contributed by atoms with E-state index in [1.54, 1.807) is 21.2 Å². The Morgan fingerprint density at radius 2 is 1.62 bits per heavy atom. The van der Waals surface area contributed by atoms with Crippen LogP contribution in [0.1, 0.15) is 42.7 Å². The van der Waals surface area contributed by atoms with Crippen molar-refractivity contribution < 1.29 is 22.5 Å². The van der Waals surface area contributed by atoms with Gasteiger partial charge in [-0.05, 0) is 52.2 Å². The quantitative estimate of drug-likeness (QED) is 0.141. The maximum Gasteiger partial charge on any atom is 0.274 e. The summed E-state index contributed by atoms with van der Waals surface area (Å²) in [5.41, 5.74) is 4.41. The van der Waals surface area contributed by atoms with Gasteiger partial charge in [0.15, 0.2) is 0 Å². The van der Waals surface area contributed by atoms with E-state index < -0.39 is 25.9 Å². The summed E-state index contributed by atoms with van der Waals surface area (Å²) >= 11 is 0. The molecule has 0 unspecified atom stereocenters. The summed E-state index contributed by atoms with van der Waals surface area (Å²) in [4.78, 5) is 22.5. The molecule has 1 atom stereocenters. The van der Waals surface area contributed by atoms with Gasteiger partial charge in [-0.2, -0.15) is 10.1 Å². The van der Waals surface area contributed by atoms with E-state index in [9.17, 15) is 13.6 Å². The van der Waals surface area contributed by atoms with Crippen molar-refractivity contribution in [3.63, 3.8) is 0 Å². The summed E-state index contributed by atoms with van der Waals surface area (Å²) in [5, 5.41) is 12.9. The van der Waals surface area contributed by atoms with Crippen LogP contribution in [-0.4, -0.2) is 56.1 Å². The van der Waals surface area contributed by atoms with Gasteiger partial charge in [0.25, 0.3) is 20.7 Å². The van der Waals surface area contributed by atoms with Gasteiger partial charge in [-0.15, -0.1) is 0 Å². The molecule has 3 aromatic carbocycles. The highest BCUT2D eigenvalue weighted by atomic mass is 28.4. The highest BCUT2D eigenvalue weighted by Crippen LogP contribution is 2.38. The topological polar surface area (TPSA) is 112 Å². The van der Waals surface area contributed by atoms with E-state index in [1.807, 2.05) is 132 Å². The third kappa shape index (κ3) is 7.05. The average molecular weight is 732 g/mol. The van der Waals surface area contributed by atoms with Gasteiger partial charge >= 0.3 is 0 Å². The van der Waals surface area contributed by atoms with Crippen LogP contribution in [0.4, 0.5) is 14.5 Å². The SMILES string of the molecule is Cc1ccc(-c2noc(C[C@H](O[Si](c3ccccc3)(c3ccccc3)C(C)(C)C)C(F)F)n2)cc1NC(=O)c1cnc2ccc(-c3ccn(C)n3)cn12. The van der Waals surface area contributed by atoms with Gasteiger partial charge in [0, 0.05) is 36.3 Å². The van der Waals surface area contributed by atoms with Crippen LogP contribution >= 0.6 is 0 Å². The van der Waals surface area contributed by atoms with Crippen LogP contribution in [0, 0.1) is 6.92 Å². The van der Waals surface area contributed by atoms with E-state index >= 15 is 0 Å². The number of carbonyl (C=O) groups excluding carboxylic acids is 1. The maximum absolute atomic E-state index is 15.0. The number of nitrogens with zero attached hydrogens (tertiary/aromatic N) is 6. The summed E-state index contributed by atoms with van der Waals surface area (Å²) in [6, 6.07) is 30.3. The fourth-order valence-corrected chi connectivity index (χ4v) is 11.3. The molecular formula is C40H39F2N7O3Si. The summed E-state index contributed by atoms with van der Waals surface area (Å²) in [5.74, 6) is -0.155. The van der Waals surface area contributed by atoms with Crippen LogP contribution in [0.3, 0.4) is 0 Å². The predicted octanol–water partition coefficient (Wildman–Crippen LogP) is 7.10. The minimum Gasteiger partial charge on any atom is -0.398 e. The molecule has 0 aliphatic heterocycles. The van der Waals surface area contributed by atoms with Crippen LogP contribution < -0.4 is 15.7 Å². The average Bonchev–Trinajstić information content (AvgIpc) is 3.91. The molecule has 0 saturated heterocycles. The van der Waals surface area contributed by atoms with Crippen LogP contribution in [-0.2, 0) is 17.9 Å². The number of fused-ring (bicyclic) bond motifs is 1. The highest BCUT2D eigenvalue weighted by Gasteiger charge is 2.52. The molecule has 270 valence electrons. The molecule has 4 aromatic heterocycles. The first kappa shape index (κ1) is 35.6. The number of pyridine rings is 1. The van der Waals surface area contributed by atoms with Crippen molar-refractivity contribution in [1.29, 1.82) is 0 Å². The molecule has 10 nitrogen and oxygen atoms in total. The number of carbonyl (C=O) groups is 1. The number of alkyl halides is 2. The molecule has 1 N–H and O–H groups in total. The number of anilines is 1. The lowest BCUT2D eigenvalue weighted by molar-refractivity contribution is 0.00243. The minimum absolute atomic E-state index is 0.0174.